The Labute approximate surface area is 166 Å². The summed E-state index contributed by atoms with van der Waals surface area (Å²) in [6.45, 7) is 1.47. The third-order valence-corrected chi connectivity index (χ3v) is 4.43. The number of fused-ring (bicyclic) bond motifs is 1. The molecule has 2 aromatic carbocycles. The van der Waals surface area contributed by atoms with Crippen LogP contribution in [-0.4, -0.2) is 17.6 Å². The van der Waals surface area contributed by atoms with Crippen LogP contribution in [0.25, 0.3) is 10.9 Å². The standard InChI is InChI=1S/C20H14Cl2N2O3/c1-12-6-7-15-16(21)8-17(22)20(19(15)24-12)27-11-18(25)26-10-14-5-3-2-4-13(14)9-23/h2-8H,10-11H2,1H3. The number of ether oxygens (including phenoxy) is 2. The monoisotopic (exact) mass is 400 g/mol. The molecule has 0 aliphatic rings. The van der Waals surface area contributed by atoms with Crippen LogP contribution in [-0.2, 0) is 16.1 Å². The number of carbonyl (C=O) groups is 1. The smallest absolute Gasteiger partial charge is 0.344 e. The fourth-order valence-electron chi connectivity index (χ4n) is 2.51. The molecule has 0 aliphatic carbocycles. The van der Waals surface area contributed by atoms with Gasteiger partial charge in [-0.25, -0.2) is 9.78 Å². The number of nitrogens with zero attached hydrogens (tertiary/aromatic N) is 2. The van der Waals surface area contributed by atoms with Gasteiger partial charge in [0.15, 0.2) is 12.4 Å². The van der Waals surface area contributed by atoms with E-state index < -0.39 is 5.97 Å². The molecule has 0 saturated carbocycles. The maximum atomic E-state index is 12.1. The lowest BCUT2D eigenvalue weighted by Crippen LogP contribution is -2.15. The molecule has 1 aromatic heterocycles. The van der Waals surface area contributed by atoms with Gasteiger partial charge in [-0.05, 0) is 31.2 Å². The minimum atomic E-state index is -0.588. The van der Waals surface area contributed by atoms with E-state index in [-0.39, 0.29) is 24.0 Å². The molecule has 0 bridgehead atoms. The summed E-state index contributed by atoms with van der Waals surface area (Å²) in [5.74, 6) is -0.316. The van der Waals surface area contributed by atoms with Gasteiger partial charge in [-0.3, -0.25) is 0 Å². The minimum Gasteiger partial charge on any atom is -0.478 e. The number of hydrogen-bond acceptors (Lipinski definition) is 5. The molecule has 0 amide bonds. The molecule has 1 heterocycles. The first-order valence-electron chi connectivity index (χ1n) is 8.01. The summed E-state index contributed by atoms with van der Waals surface area (Å²) in [6.07, 6.45) is 0. The lowest BCUT2D eigenvalue weighted by molar-refractivity contribution is -0.147. The Morgan fingerprint density at radius 1 is 1.19 bits per heavy atom. The minimum absolute atomic E-state index is 0.0155. The van der Waals surface area contributed by atoms with Crippen molar-refractivity contribution in [2.75, 3.05) is 6.61 Å². The molecule has 3 rings (SSSR count). The first-order valence-corrected chi connectivity index (χ1v) is 8.77. The summed E-state index contributed by atoms with van der Waals surface area (Å²) in [6, 6.07) is 14.2. The lowest BCUT2D eigenvalue weighted by Gasteiger charge is -2.12. The van der Waals surface area contributed by atoms with Crippen molar-refractivity contribution in [3.63, 3.8) is 0 Å². The number of nitriles is 1. The average molecular weight is 401 g/mol. The van der Waals surface area contributed by atoms with Crippen LogP contribution in [0.5, 0.6) is 5.75 Å². The first-order chi connectivity index (χ1) is 13.0. The molecule has 0 radical (unpaired) electrons. The molecule has 5 nitrogen and oxygen atoms in total. The van der Waals surface area contributed by atoms with E-state index in [1.807, 2.05) is 19.1 Å². The van der Waals surface area contributed by atoms with E-state index in [4.69, 9.17) is 37.9 Å². The van der Waals surface area contributed by atoms with Gasteiger partial charge in [0.25, 0.3) is 0 Å². The van der Waals surface area contributed by atoms with Crippen molar-refractivity contribution in [2.45, 2.75) is 13.5 Å². The molecule has 0 saturated heterocycles. The summed E-state index contributed by atoms with van der Waals surface area (Å²) in [4.78, 5) is 16.5. The SMILES string of the molecule is Cc1ccc2c(Cl)cc(Cl)c(OCC(=O)OCc3ccccc3C#N)c2n1. The number of aromatic nitrogens is 1. The van der Waals surface area contributed by atoms with Crippen LogP contribution in [0.15, 0.2) is 42.5 Å². The highest BCUT2D eigenvalue weighted by atomic mass is 35.5. The Morgan fingerprint density at radius 3 is 2.74 bits per heavy atom. The van der Waals surface area contributed by atoms with Crippen LogP contribution in [0.3, 0.4) is 0 Å². The van der Waals surface area contributed by atoms with Gasteiger partial charge in [0.1, 0.15) is 12.1 Å². The normalized spacial score (nSPS) is 10.4. The summed E-state index contributed by atoms with van der Waals surface area (Å²) in [5.41, 5.74) is 2.33. The number of benzene rings is 2. The number of halogens is 2. The second-order valence-corrected chi connectivity index (χ2v) is 6.55. The first kappa shape index (κ1) is 19.0. The molecular weight excluding hydrogens is 387 g/mol. The molecule has 7 heteroatoms. The molecule has 0 unspecified atom stereocenters. The zero-order chi connectivity index (χ0) is 19.4. The van der Waals surface area contributed by atoms with Crippen LogP contribution in [0.2, 0.25) is 10.0 Å². The number of pyridine rings is 1. The Bertz CT molecular complexity index is 1060. The van der Waals surface area contributed by atoms with Crippen LogP contribution in [0.1, 0.15) is 16.8 Å². The highest BCUT2D eigenvalue weighted by Crippen LogP contribution is 2.37. The highest BCUT2D eigenvalue weighted by Gasteiger charge is 2.15. The van der Waals surface area contributed by atoms with Gasteiger partial charge in [-0.1, -0.05) is 41.4 Å². The molecule has 0 atom stereocenters. The fourth-order valence-corrected chi connectivity index (χ4v) is 3.08. The zero-order valence-corrected chi connectivity index (χ0v) is 15.8. The van der Waals surface area contributed by atoms with Gasteiger partial charge < -0.3 is 9.47 Å². The van der Waals surface area contributed by atoms with Gasteiger partial charge >= 0.3 is 5.97 Å². The van der Waals surface area contributed by atoms with Gasteiger partial charge in [-0.15, -0.1) is 0 Å². The fraction of sp³-hybridized carbons (Fsp3) is 0.150. The van der Waals surface area contributed by atoms with Crippen molar-refractivity contribution in [1.82, 2.24) is 4.98 Å². The predicted octanol–water partition coefficient (Wildman–Crippen LogP) is 4.84. The Morgan fingerprint density at radius 2 is 1.96 bits per heavy atom. The van der Waals surface area contributed by atoms with E-state index >= 15 is 0 Å². The van der Waals surface area contributed by atoms with Crippen molar-refractivity contribution < 1.29 is 14.3 Å². The summed E-state index contributed by atoms with van der Waals surface area (Å²) >= 11 is 12.4. The number of carbonyl (C=O) groups excluding carboxylic acids is 1. The second kappa shape index (κ2) is 8.26. The third kappa shape index (κ3) is 4.30. The topological polar surface area (TPSA) is 72.2 Å². The lowest BCUT2D eigenvalue weighted by atomic mass is 10.1. The molecule has 0 aliphatic heterocycles. The van der Waals surface area contributed by atoms with E-state index in [2.05, 4.69) is 11.1 Å². The van der Waals surface area contributed by atoms with Gasteiger partial charge in [0.2, 0.25) is 0 Å². The number of aryl methyl sites for hydroxylation is 1. The maximum absolute atomic E-state index is 12.1. The van der Waals surface area contributed by atoms with Crippen molar-refractivity contribution in [3.05, 3.63) is 69.3 Å². The average Bonchev–Trinajstić information content (AvgIpc) is 2.66. The van der Waals surface area contributed by atoms with Crippen molar-refractivity contribution in [2.24, 2.45) is 0 Å². The molecule has 0 fully saturated rings. The number of rotatable bonds is 5. The maximum Gasteiger partial charge on any atom is 0.344 e. The molecule has 3 aromatic rings. The van der Waals surface area contributed by atoms with Crippen LogP contribution in [0, 0.1) is 18.3 Å². The molecule has 136 valence electrons. The second-order valence-electron chi connectivity index (χ2n) is 5.74. The molecule has 27 heavy (non-hydrogen) atoms. The van der Waals surface area contributed by atoms with Crippen molar-refractivity contribution in [1.29, 1.82) is 5.26 Å². The Kier molecular flexibility index (Phi) is 5.80. The van der Waals surface area contributed by atoms with Crippen molar-refractivity contribution >= 4 is 40.1 Å². The summed E-state index contributed by atoms with van der Waals surface area (Å²) in [7, 11) is 0. The van der Waals surface area contributed by atoms with Crippen LogP contribution in [0.4, 0.5) is 0 Å². The molecular formula is C20H14Cl2N2O3. The Balaban J connectivity index is 1.72. The van der Waals surface area contributed by atoms with E-state index in [1.54, 1.807) is 30.3 Å². The van der Waals surface area contributed by atoms with Crippen molar-refractivity contribution in [3.8, 4) is 11.8 Å². The number of hydrogen-bond donors (Lipinski definition) is 0. The summed E-state index contributed by atoms with van der Waals surface area (Å²) < 4.78 is 10.8. The third-order valence-electron chi connectivity index (χ3n) is 3.84. The predicted molar refractivity (Wildman–Crippen MR) is 103 cm³/mol. The van der Waals surface area contributed by atoms with Gasteiger partial charge in [0.05, 0.1) is 21.7 Å². The van der Waals surface area contributed by atoms with E-state index in [0.717, 1.165) is 5.69 Å². The largest absolute Gasteiger partial charge is 0.478 e. The highest BCUT2D eigenvalue weighted by molar-refractivity contribution is 6.39. The van der Waals surface area contributed by atoms with E-state index in [1.165, 1.54) is 0 Å². The summed E-state index contributed by atoms with van der Waals surface area (Å²) in [5, 5.41) is 10.4. The molecule has 0 N–H and O–H groups in total. The van der Waals surface area contributed by atoms with E-state index in [0.29, 0.717) is 27.1 Å². The van der Waals surface area contributed by atoms with Crippen LogP contribution < -0.4 is 4.74 Å². The quantitative estimate of drug-likeness (QED) is 0.572. The Hall–Kier alpha value is -2.81. The number of esters is 1. The van der Waals surface area contributed by atoms with Crippen LogP contribution >= 0.6 is 23.2 Å². The zero-order valence-electron chi connectivity index (χ0n) is 14.3. The van der Waals surface area contributed by atoms with Gasteiger partial charge in [-0.2, -0.15) is 5.26 Å². The van der Waals surface area contributed by atoms with Gasteiger partial charge in [0, 0.05) is 16.6 Å². The van der Waals surface area contributed by atoms with E-state index in [9.17, 15) is 4.79 Å². The molecule has 0 spiro atoms.